The average molecular weight is 262 g/mol. The predicted octanol–water partition coefficient (Wildman–Crippen LogP) is 4.05. The van der Waals surface area contributed by atoms with Crippen LogP contribution in [0.25, 0.3) is 10.9 Å². The molecule has 1 saturated carbocycles. The number of halogens is 1. The van der Waals surface area contributed by atoms with Gasteiger partial charge in [-0.3, -0.25) is 4.79 Å². The summed E-state index contributed by atoms with van der Waals surface area (Å²) in [5.41, 5.74) is 1.20. The zero-order valence-electron chi connectivity index (χ0n) is 10.2. The van der Waals surface area contributed by atoms with Crippen LogP contribution in [0.5, 0.6) is 0 Å². The summed E-state index contributed by atoms with van der Waals surface area (Å²) in [4.78, 5) is 11.6. The number of ketones is 1. The second-order valence-corrected chi connectivity index (χ2v) is 5.49. The van der Waals surface area contributed by atoms with E-state index in [4.69, 9.17) is 11.6 Å². The number of aromatic nitrogens is 1. The van der Waals surface area contributed by atoms with Crippen molar-refractivity contribution in [1.29, 1.82) is 0 Å². The molecule has 0 bridgehead atoms. The molecule has 1 unspecified atom stereocenters. The first kappa shape index (κ1) is 11.8. The van der Waals surface area contributed by atoms with E-state index in [1.165, 1.54) is 10.9 Å². The van der Waals surface area contributed by atoms with E-state index in [9.17, 15) is 4.79 Å². The molecule has 0 aliphatic heterocycles. The van der Waals surface area contributed by atoms with E-state index in [1.807, 2.05) is 18.2 Å². The first-order valence-corrected chi connectivity index (χ1v) is 6.89. The molecule has 2 nitrogen and oxygen atoms in total. The fourth-order valence-electron chi connectivity index (χ4n) is 2.85. The number of hydrogen-bond acceptors (Lipinski definition) is 1. The SMILES string of the molecule is O=C1CCCC1CCn1ccc2cc(Cl)ccc21. The molecule has 2 aromatic rings. The van der Waals surface area contributed by atoms with Crippen molar-refractivity contribution in [3.63, 3.8) is 0 Å². The maximum atomic E-state index is 11.6. The van der Waals surface area contributed by atoms with Crippen molar-refractivity contribution in [1.82, 2.24) is 4.57 Å². The van der Waals surface area contributed by atoms with Crippen LogP contribution in [0.2, 0.25) is 5.02 Å². The fourth-order valence-corrected chi connectivity index (χ4v) is 3.03. The van der Waals surface area contributed by atoms with Crippen LogP contribution in [-0.2, 0) is 11.3 Å². The molecule has 0 N–H and O–H groups in total. The molecule has 3 heteroatoms. The van der Waals surface area contributed by atoms with E-state index in [1.54, 1.807) is 0 Å². The lowest BCUT2D eigenvalue weighted by Crippen LogP contribution is -2.09. The maximum Gasteiger partial charge on any atom is 0.136 e. The largest absolute Gasteiger partial charge is 0.347 e. The predicted molar refractivity (Wildman–Crippen MR) is 73.9 cm³/mol. The number of Topliss-reactive ketones (excluding diaryl/α,β-unsaturated/α-hetero) is 1. The van der Waals surface area contributed by atoms with Gasteiger partial charge in [0.1, 0.15) is 5.78 Å². The van der Waals surface area contributed by atoms with Gasteiger partial charge in [-0.2, -0.15) is 0 Å². The van der Waals surface area contributed by atoms with E-state index in [0.717, 1.165) is 37.3 Å². The van der Waals surface area contributed by atoms with E-state index >= 15 is 0 Å². The van der Waals surface area contributed by atoms with Crippen LogP contribution in [0.3, 0.4) is 0 Å². The molecule has 0 radical (unpaired) electrons. The second-order valence-electron chi connectivity index (χ2n) is 5.06. The van der Waals surface area contributed by atoms with Gasteiger partial charge in [-0.05, 0) is 43.5 Å². The monoisotopic (exact) mass is 261 g/mol. The maximum absolute atomic E-state index is 11.6. The third-order valence-electron chi connectivity index (χ3n) is 3.88. The summed E-state index contributed by atoms with van der Waals surface area (Å²) in [6.45, 7) is 0.918. The number of nitrogens with zero attached hydrogens (tertiary/aromatic N) is 1. The number of hydrogen-bond donors (Lipinski definition) is 0. The van der Waals surface area contributed by atoms with E-state index in [-0.39, 0.29) is 5.92 Å². The van der Waals surface area contributed by atoms with Crippen molar-refractivity contribution in [2.24, 2.45) is 5.92 Å². The molecule has 0 saturated heterocycles. The Morgan fingerprint density at radius 2 is 2.22 bits per heavy atom. The van der Waals surface area contributed by atoms with Crippen molar-refractivity contribution in [2.75, 3.05) is 0 Å². The molecule has 3 rings (SSSR count). The van der Waals surface area contributed by atoms with Crippen LogP contribution >= 0.6 is 11.6 Å². The summed E-state index contributed by atoms with van der Waals surface area (Å²) in [6, 6.07) is 8.03. The minimum absolute atomic E-state index is 0.287. The van der Waals surface area contributed by atoms with Crippen molar-refractivity contribution in [2.45, 2.75) is 32.2 Å². The minimum atomic E-state index is 0.287. The highest BCUT2D eigenvalue weighted by Crippen LogP contribution is 2.26. The Kier molecular flexibility index (Phi) is 3.13. The number of carbonyl (C=O) groups is 1. The van der Waals surface area contributed by atoms with Gasteiger partial charge >= 0.3 is 0 Å². The number of fused-ring (bicyclic) bond motifs is 1. The van der Waals surface area contributed by atoms with Gasteiger partial charge in [-0.15, -0.1) is 0 Å². The molecule has 0 spiro atoms. The molecule has 1 fully saturated rings. The quantitative estimate of drug-likeness (QED) is 0.817. The zero-order chi connectivity index (χ0) is 12.5. The third kappa shape index (κ3) is 2.17. The molecular formula is C15H16ClNO. The standard InChI is InChI=1S/C15H16ClNO/c16-13-4-5-14-12(10-13)7-9-17(14)8-6-11-2-1-3-15(11)18/h4-5,7,9-11H,1-3,6,8H2. The number of benzene rings is 1. The Balaban J connectivity index is 1.76. The molecule has 0 amide bonds. The van der Waals surface area contributed by atoms with E-state index < -0.39 is 0 Å². The van der Waals surface area contributed by atoms with Crippen LogP contribution in [0.1, 0.15) is 25.7 Å². The molecule has 94 valence electrons. The molecule has 1 aromatic carbocycles. The lowest BCUT2D eigenvalue weighted by Gasteiger charge is -2.09. The summed E-state index contributed by atoms with van der Waals surface area (Å²) >= 11 is 5.97. The molecule has 1 aliphatic rings. The molecular weight excluding hydrogens is 246 g/mol. The lowest BCUT2D eigenvalue weighted by molar-refractivity contribution is -0.120. The summed E-state index contributed by atoms with van der Waals surface area (Å²) in [6.07, 6.45) is 5.98. The van der Waals surface area contributed by atoms with Gasteiger partial charge < -0.3 is 4.57 Å². The van der Waals surface area contributed by atoms with Crippen LogP contribution in [0.15, 0.2) is 30.5 Å². The van der Waals surface area contributed by atoms with Gasteiger partial charge in [0.2, 0.25) is 0 Å². The van der Waals surface area contributed by atoms with Gasteiger partial charge in [-0.1, -0.05) is 11.6 Å². The van der Waals surface area contributed by atoms with Crippen LogP contribution in [0, 0.1) is 5.92 Å². The molecule has 1 heterocycles. The van der Waals surface area contributed by atoms with Gasteiger partial charge in [0.15, 0.2) is 0 Å². The van der Waals surface area contributed by atoms with Gasteiger partial charge in [-0.25, -0.2) is 0 Å². The molecule has 1 atom stereocenters. The lowest BCUT2D eigenvalue weighted by atomic mass is 10.0. The normalized spacial score (nSPS) is 19.8. The first-order chi connectivity index (χ1) is 8.74. The van der Waals surface area contributed by atoms with Crippen LogP contribution in [-0.4, -0.2) is 10.4 Å². The van der Waals surface area contributed by atoms with E-state index in [2.05, 4.69) is 16.8 Å². The minimum Gasteiger partial charge on any atom is -0.347 e. The Morgan fingerprint density at radius 3 is 3.00 bits per heavy atom. The topological polar surface area (TPSA) is 22.0 Å². The van der Waals surface area contributed by atoms with Crippen LogP contribution in [0.4, 0.5) is 0 Å². The van der Waals surface area contributed by atoms with Gasteiger partial charge in [0.25, 0.3) is 0 Å². The fraction of sp³-hybridized carbons (Fsp3) is 0.400. The Hall–Kier alpha value is -1.28. The van der Waals surface area contributed by atoms with E-state index in [0.29, 0.717) is 5.78 Å². The van der Waals surface area contributed by atoms with Crippen molar-refractivity contribution in [3.05, 3.63) is 35.5 Å². The first-order valence-electron chi connectivity index (χ1n) is 6.51. The van der Waals surface area contributed by atoms with Gasteiger partial charge in [0.05, 0.1) is 0 Å². The molecule has 1 aromatic heterocycles. The van der Waals surface area contributed by atoms with Crippen molar-refractivity contribution < 1.29 is 4.79 Å². The summed E-state index contributed by atoms with van der Waals surface area (Å²) in [5.74, 6) is 0.740. The third-order valence-corrected chi connectivity index (χ3v) is 4.12. The Labute approximate surface area is 112 Å². The summed E-state index contributed by atoms with van der Waals surface area (Å²) in [5, 5.41) is 1.94. The smallest absolute Gasteiger partial charge is 0.136 e. The number of aryl methyl sites for hydroxylation is 1. The van der Waals surface area contributed by atoms with Gasteiger partial charge in [0, 0.05) is 41.0 Å². The van der Waals surface area contributed by atoms with Crippen molar-refractivity contribution in [3.8, 4) is 0 Å². The highest BCUT2D eigenvalue weighted by atomic mass is 35.5. The zero-order valence-corrected chi connectivity index (χ0v) is 11.0. The number of rotatable bonds is 3. The molecule has 1 aliphatic carbocycles. The summed E-state index contributed by atoms with van der Waals surface area (Å²) < 4.78 is 2.22. The highest BCUT2D eigenvalue weighted by Gasteiger charge is 2.23. The average Bonchev–Trinajstić information content (AvgIpc) is 2.93. The summed E-state index contributed by atoms with van der Waals surface area (Å²) in [7, 11) is 0. The van der Waals surface area contributed by atoms with Crippen molar-refractivity contribution >= 4 is 28.3 Å². The highest BCUT2D eigenvalue weighted by molar-refractivity contribution is 6.31. The Bertz CT molecular complexity index is 587. The Morgan fingerprint density at radius 1 is 1.33 bits per heavy atom. The van der Waals surface area contributed by atoms with Crippen LogP contribution < -0.4 is 0 Å². The molecule has 18 heavy (non-hydrogen) atoms. The number of carbonyl (C=O) groups excluding carboxylic acids is 1. The second kappa shape index (κ2) is 4.77.